The highest BCUT2D eigenvalue weighted by molar-refractivity contribution is 5.95. The van der Waals surface area contributed by atoms with E-state index in [4.69, 9.17) is 0 Å². The van der Waals surface area contributed by atoms with Gasteiger partial charge < -0.3 is 10.6 Å². The third-order valence-electron chi connectivity index (χ3n) is 6.69. The molecule has 1 saturated carbocycles. The van der Waals surface area contributed by atoms with Crippen molar-refractivity contribution in [3.05, 3.63) is 84.6 Å². The molecule has 0 aliphatic heterocycles. The second kappa shape index (κ2) is 11.4. The minimum absolute atomic E-state index is 0.0905. The fourth-order valence-electron chi connectivity index (χ4n) is 4.80. The van der Waals surface area contributed by atoms with Crippen LogP contribution in [0.15, 0.2) is 73.4 Å². The van der Waals surface area contributed by atoms with Gasteiger partial charge in [0.15, 0.2) is 0 Å². The van der Waals surface area contributed by atoms with Crippen molar-refractivity contribution in [1.29, 1.82) is 5.26 Å². The summed E-state index contributed by atoms with van der Waals surface area (Å²) in [6.45, 7) is 0.402. The normalized spacial score (nSPS) is 14.1. The number of nitrogens with zero attached hydrogens (tertiary/aromatic N) is 6. The highest BCUT2D eigenvalue weighted by atomic mass is 16.1. The lowest BCUT2D eigenvalue weighted by Gasteiger charge is -2.21. The molecule has 1 fully saturated rings. The second-order valence-electron chi connectivity index (χ2n) is 9.20. The van der Waals surface area contributed by atoms with Gasteiger partial charge in [0.05, 0.1) is 30.4 Å². The van der Waals surface area contributed by atoms with E-state index in [1.165, 1.54) is 12.8 Å². The number of amides is 1. The van der Waals surface area contributed by atoms with Crippen LogP contribution in [0.5, 0.6) is 0 Å². The van der Waals surface area contributed by atoms with Crippen LogP contribution < -0.4 is 10.6 Å². The molecule has 186 valence electrons. The van der Waals surface area contributed by atoms with Gasteiger partial charge in [-0.15, -0.1) is 0 Å². The molecule has 4 aromatic rings. The highest BCUT2D eigenvalue weighted by Gasteiger charge is 2.27. The lowest BCUT2D eigenvalue weighted by atomic mass is 9.96. The van der Waals surface area contributed by atoms with Crippen LogP contribution >= 0.6 is 0 Å². The summed E-state index contributed by atoms with van der Waals surface area (Å²) >= 11 is 0. The molecule has 3 heterocycles. The first kappa shape index (κ1) is 24.1. The largest absolute Gasteiger partial charge is 0.348 e. The number of pyridine rings is 1. The van der Waals surface area contributed by atoms with Crippen molar-refractivity contribution in [2.24, 2.45) is 5.92 Å². The molecular formula is C28H28N8O. The van der Waals surface area contributed by atoms with Gasteiger partial charge in [-0.25, -0.2) is 9.97 Å². The summed E-state index contributed by atoms with van der Waals surface area (Å²) in [4.78, 5) is 25.7. The molecule has 0 spiro atoms. The van der Waals surface area contributed by atoms with Gasteiger partial charge >= 0.3 is 0 Å². The van der Waals surface area contributed by atoms with Gasteiger partial charge in [0, 0.05) is 48.1 Å². The number of nitrogens with one attached hydrogen (secondary N) is 2. The fourth-order valence-corrected chi connectivity index (χ4v) is 4.80. The van der Waals surface area contributed by atoms with Crippen molar-refractivity contribution in [3.8, 4) is 17.3 Å². The summed E-state index contributed by atoms with van der Waals surface area (Å²) in [7, 11) is 0. The monoisotopic (exact) mass is 492 g/mol. The molecule has 0 bridgehead atoms. The molecule has 9 heteroatoms. The Kier molecular flexibility index (Phi) is 7.46. The second-order valence-corrected chi connectivity index (χ2v) is 9.20. The van der Waals surface area contributed by atoms with Gasteiger partial charge in [0.2, 0.25) is 5.95 Å². The van der Waals surface area contributed by atoms with Crippen LogP contribution in [0.3, 0.4) is 0 Å². The standard InChI is InChI=1S/C28H28N8O/c29-12-10-26(21-6-1-2-7-21)36-19-23(18-33-36)25-11-14-31-28(35-25)34-24-9-3-8-22(15-24)27(37)32-17-20-5-4-13-30-16-20/h3-5,8-9,11,13-16,18-19,21,26H,1-2,6-7,10,17H2,(H,32,37)(H,31,34,35). The van der Waals surface area contributed by atoms with E-state index in [2.05, 4.69) is 36.8 Å². The summed E-state index contributed by atoms with van der Waals surface area (Å²) in [5, 5.41) is 20.0. The van der Waals surface area contributed by atoms with Crippen molar-refractivity contribution >= 4 is 17.5 Å². The lowest BCUT2D eigenvalue weighted by Crippen LogP contribution is -2.22. The third kappa shape index (κ3) is 5.98. The number of anilines is 2. The van der Waals surface area contributed by atoms with Gasteiger partial charge in [-0.1, -0.05) is 25.0 Å². The first-order chi connectivity index (χ1) is 18.2. The van der Waals surface area contributed by atoms with E-state index < -0.39 is 0 Å². The quantitative estimate of drug-likeness (QED) is 0.335. The average Bonchev–Trinajstić information content (AvgIpc) is 3.65. The highest BCUT2D eigenvalue weighted by Crippen LogP contribution is 2.36. The van der Waals surface area contributed by atoms with Gasteiger partial charge in [0.1, 0.15) is 0 Å². The van der Waals surface area contributed by atoms with Crippen LogP contribution in [-0.4, -0.2) is 30.6 Å². The number of hydrogen-bond acceptors (Lipinski definition) is 7. The molecule has 1 aliphatic carbocycles. The summed E-state index contributed by atoms with van der Waals surface area (Å²) < 4.78 is 1.93. The fraction of sp³-hybridized carbons (Fsp3) is 0.286. The van der Waals surface area contributed by atoms with E-state index in [9.17, 15) is 10.1 Å². The average molecular weight is 493 g/mol. The first-order valence-corrected chi connectivity index (χ1v) is 12.5. The molecule has 2 N–H and O–H groups in total. The van der Waals surface area contributed by atoms with Crippen molar-refractivity contribution in [3.63, 3.8) is 0 Å². The minimum Gasteiger partial charge on any atom is -0.348 e. The maximum Gasteiger partial charge on any atom is 0.251 e. The number of aromatic nitrogens is 5. The molecule has 1 aliphatic rings. The van der Waals surface area contributed by atoms with Crippen LogP contribution in [0.25, 0.3) is 11.3 Å². The zero-order valence-corrected chi connectivity index (χ0v) is 20.4. The van der Waals surface area contributed by atoms with Crippen molar-refractivity contribution in [1.82, 2.24) is 30.0 Å². The van der Waals surface area contributed by atoms with Gasteiger partial charge in [0.25, 0.3) is 5.91 Å². The third-order valence-corrected chi connectivity index (χ3v) is 6.69. The number of nitriles is 1. The summed E-state index contributed by atoms with van der Waals surface area (Å²) in [6.07, 6.45) is 14.1. The van der Waals surface area contributed by atoms with E-state index in [1.807, 2.05) is 41.2 Å². The van der Waals surface area contributed by atoms with E-state index in [1.54, 1.807) is 36.9 Å². The van der Waals surface area contributed by atoms with E-state index in [0.29, 0.717) is 36.1 Å². The first-order valence-electron chi connectivity index (χ1n) is 12.5. The Morgan fingerprint density at radius 2 is 2.03 bits per heavy atom. The van der Waals surface area contributed by atoms with Crippen molar-refractivity contribution in [2.45, 2.75) is 44.7 Å². The Bertz CT molecular complexity index is 1390. The molecule has 3 aromatic heterocycles. The molecule has 1 amide bonds. The zero-order valence-electron chi connectivity index (χ0n) is 20.4. The van der Waals surface area contributed by atoms with Gasteiger partial charge in [-0.05, 0) is 54.7 Å². The van der Waals surface area contributed by atoms with Crippen molar-refractivity contribution in [2.75, 3.05) is 5.32 Å². The molecule has 0 radical (unpaired) electrons. The molecule has 1 unspecified atom stereocenters. The Morgan fingerprint density at radius 1 is 1.14 bits per heavy atom. The lowest BCUT2D eigenvalue weighted by molar-refractivity contribution is 0.0951. The molecule has 1 atom stereocenters. The van der Waals surface area contributed by atoms with E-state index in [-0.39, 0.29) is 11.9 Å². The number of rotatable bonds is 9. The Hall–Kier alpha value is -4.58. The Balaban J connectivity index is 1.27. The summed E-state index contributed by atoms with van der Waals surface area (Å²) in [6, 6.07) is 15.2. The maximum absolute atomic E-state index is 12.6. The number of benzene rings is 1. The van der Waals surface area contributed by atoms with Crippen LogP contribution in [0.4, 0.5) is 11.6 Å². The zero-order chi connectivity index (χ0) is 25.5. The van der Waals surface area contributed by atoms with Crippen LogP contribution in [0.1, 0.15) is 54.1 Å². The molecule has 1 aromatic carbocycles. The molecule has 0 saturated heterocycles. The predicted octanol–water partition coefficient (Wildman–Crippen LogP) is 5.05. The predicted molar refractivity (Wildman–Crippen MR) is 140 cm³/mol. The molecular weight excluding hydrogens is 464 g/mol. The number of hydrogen-bond donors (Lipinski definition) is 2. The van der Waals surface area contributed by atoms with E-state index in [0.717, 1.165) is 29.7 Å². The van der Waals surface area contributed by atoms with Crippen LogP contribution in [0, 0.1) is 17.2 Å². The molecule has 37 heavy (non-hydrogen) atoms. The summed E-state index contributed by atoms with van der Waals surface area (Å²) in [5.41, 5.74) is 3.77. The van der Waals surface area contributed by atoms with Gasteiger partial charge in [-0.3, -0.25) is 14.5 Å². The van der Waals surface area contributed by atoms with Crippen LogP contribution in [-0.2, 0) is 6.54 Å². The minimum atomic E-state index is -0.177. The number of carbonyl (C=O) groups excluding carboxylic acids is 1. The summed E-state index contributed by atoms with van der Waals surface area (Å²) in [5.74, 6) is 0.732. The molecule has 9 nitrogen and oxygen atoms in total. The number of carbonyl (C=O) groups is 1. The van der Waals surface area contributed by atoms with Gasteiger partial charge in [-0.2, -0.15) is 10.4 Å². The Labute approximate surface area is 215 Å². The molecule has 5 rings (SSSR count). The smallest absolute Gasteiger partial charge is 0.251 e. The maximum atomic E-state index is 12.6. The van der Waals surface area contributed by atoms with E-state index >= 15 is 0 Å². The SMILES string of the molecule is N#CCC(C1CCCC1)n1cc(-c2ccnc(Nc3cccc(C(=O)NCc4cccnc4)c3)n2)cn1. The Morgan fingerprint density at radius 3 is 2.84 bits per heavy atom. The van der Waals surface area contributed by atoms with Crippen molar-refractivity contribution < 1.29 is 4.79 Å². The topological polar surface area (TPSA) is 121 Å². The van der Waals surface area contributed by atoms with Crippen LogP contribution in [0.2, 0.25) is 0 Å².